The average molecular weight is 353 g/mol. The van der Waals surface area contributed by atoms with E-state index in [1.807, 2.05) is 24.3 Å². The zero-order chi connectivity index (χ0) is 14.5. The van der Waals surface area contributed by atoms with Gasteiger partial charge in [0.25, 0.3) is 0 Å². The predicted molar refractivity (Wildman–Crippen MR) is 83.1 cm³/mol. The van der Waals surface area contributed by atoms with Gasteiger partial charge in [0, 0.05) is 26.8 Å². The number of carbonyl (C=O) groups is 1. The second-order valence-corrected chi connectivity index (χ2v) is 6.73. The van der Waals surface area contributed by atoms with Crippen molar-refractivity contribution in [3.8, 4) is 0 Å². The Morgan fingerprint density at radius 1 is 0.950 bits per heavy atom. The van der Waals surface area contributed by atoms with Crippen LogP contribution in [0.4, 0.5) is 0 Å². The van der Waals surface area contributed by atoms with Crippen LogP contribution in [0.1, 0.15) is 21.5 Å². The van der Waals surface area contributed by atoms with Crippen LogP contribution in [0.2, 0.25) is 0 Å². The molecule has 0 fully saturated rings. The fraction of sp³-hybridized carbons (Fsp3) is 0.133. The number of aromatic carboxylic acids is 1. The summed E-state index contributed by atoms with van der Waals surface area (Å²) in [5.74, 6) is -0.0308. The highest BCUT2D eigenvalue weighted by Crippen LogP contribution is 2.14. The summed E-state index contributed by atoms with van der Waals surface area (Å²) >= 11 is 3.36. The average Bonchev–Trinajstić information content (AvgIpc) is 2.42. The minimum atomic E-state index is -1.01. The Bertz CT molecular complexity index is 621. The SMILES string of the molecule is O=C(O)c1ccc(CS(=O)Cc2ccc(Br)cc2)cc1. The molecular weight excluding hydrogens is 340 g/mol. The van der Waals surface area contributed by atoms with Crippen molar-refractivity contribution in [3.63, 3.8) is 0 Å². The van der Waals surface area contributed by atoms with Crippen LogP contribution in [-0.2, 0) is 22.3 Å². The van der Waals surface area contributed by atoms with E-state index < -0.39 is 16.8 Å². The lowest BCUT2D eigenvalue weighted by Crippen LogP contribution is -2.01. The second kappa shape index (κ2) is 6.81. The van der Waals surface area contributed by atoms with Crippen molar-refractivity contribution in [1.29, 1.82) is 0 Å². The van der Waals surface area contributed by atoms with Gasteiger partial charge in [0.05, 0.1) is 5.56 Å². The Morgan fingerprint density at radius 3 is 1.85 bits per heavy atom. The summed E-state index contributed by atoms with van der Waals surface area (Å²) in [7, 11) is -1.01. The normalized spacial score (nSPS) is 12.1. The summed E-state index contributed by atoms with van der Waals surface area (Å²) in [5.41, 5.74) is 2.14. The van der Waals surface area contributed by atoms with E-state index in [1.54, 1.807) is 12.1 Å². The van der Waals surface area contributed by atoms with E-state index in [-0.39, 0.29) is 5.56 Å². The number of carboxylic acids is 1. The molecular formula is C15H13BrO3S. The van der Waals surface area contributed by atoms with Crippen molar-refractivity contribution in [2.75, 3.05) is 0 Å². The van der Waals surface area contributed by atoms with Crippen LogP contribution in [0.5, 0.6) is 0 Å². The largest absolute Gasteiger partial charge is 0.478 e. The van der Waals surface area contributed by atoms with Crippen molar-refractivity contribution < 1.29 is 14.1 Å². The molecule has 0 aromatic heterocycles. The Hall–Kier alpha value is -1.46. The van der Waals surface area contributed by atoms with Crippen molar-refractivity contribution in [2.24, 2.45) is 0 Å². The number of hydrogen-bond acceptors (Lipinski definition) is 2. The first-order chi connectivity index (χ1) is 9.54. The molecule has 0 spiro atoms. The molecule has 0 aliphatic carbocycles. The lowest BCUT2D eigenvalue weighted by atomic mass is 10.1. The molecule has 1 N–H and O–H groups in total. The van der Waals surface area contributed by atoms with Gasteiger partial charge >= 0.3 is 5.97 Å². The van der Waals surface area contributed by atoms with Crippen molar-refractivity contribution in [3.05, 3.63) is 69.7 Å². The molecule has 0 amide bonds. The number of benzene rings is 2. The van der Waals surface area contributed by atoms with Crippen molar-refractivity contribution in [2.45, 2.75) is 11.5 Å². The standard InChI is InChI=1S/C15H13BrO3S/c16-14-7-3-12(4-8-14)10-20(19)9-11-1-5-13(6-2-11)15(17)18/h1-8H,9-10H2,(H,17,18). The molecule has 104 valence electrons. The first-order valence-electron chi connectivity index (χ1n) is 5.96. The van der Waals surface area contributed by atoms with Gasteiger partial charge in [-0.05, 0) is 35.4 Å². The van der Waals surface area contributed by atoms with Gasteiger partial charge in [-0.3, -0.25) is 4.21 Å². The highest BCUT2D eigenvalue weighted by molar-refractivity contribution is 9.10. The van der Waals surface area contributed by atoms with Gasteiger partial charge in [0.2, 0.25) is 0 Å². The van der Waals surface area contributed by atoms with E-state index in [9.17, 15) is 9.00 Å². The fourth-order valence-electron chi connectivity index (χ4n) is 1.75. The van der Waals surface area contributed by atoms with Gasteiger partial charge in [-0.15, -0.1) is 0 Å². The number of rotatable bonds is 5. The lowest BCUT2D eigenvalue weighted by Gasteiger charge is -2.04. The Kier molecular flexibility index (Phi) is 5.09. The van der Waals surface area contributed by atoms with Gasteiger partial charge in [-0.2, -0.15) is 0 Å². The van der Waals surface area contributed by atoms with Crippen LogP contribution in [0.25, 0.3) is 0 Å². The lowest BCUT2D eigenvalue weighted by molar-refractivity contribution is 0.0697. The maximum Gasteiger partial charge on any atom is 0.335 e. The van der Waals surface area contributed by atoms with Gasteiger partial charge in [-0.25, -0.2) is 4.79 Å². The first-order valence-corrected chi connectivity index (χ1v) is 8.24. The van der Waals surface area contributed by atoms with Crippen molar-refractivity contribution in [1.82, 2.24) is 0 Å². The molecule has 3 nitrogen and oxygen atoms in total. The summed E-state index contributed by atoms with van der Waals surface area (Å²) < 4.78 is 13.1. The molecule has 5 heteroatoms. The van der Waals surface area contributed by atoms with E-state index in [4.69, 9.17) is 5.11 Å². The number of hydrogen-bond donors (Lipinski definition) is 1. The third-order valence-electron chi connectivity index (χ3n) is 2.77. The molecule has 0 heterocycles. The molecule has 2 rings (SSSR count). The first kappa shape index (κ1) is 14.9. The molecule has 2 aromatic carbocycles. The highest BCUT2D eigenvalue weighted by atomic mass is 79.9. The molecule has 0 aliphatic rings. The molecule has 0 radical (unpaired) electrons. The zero-order valence-corrected chi connectivity index (χ0v) is 13.0. The summed E-state index contributed by atoms with van der Waals surface area (Å²) in [6.07, 6.45) is 0. The molecule has 0 aliphatic heterocycles. The van der Waals surface area contributed by atoms with Crippen LogP contribution >= 0.6 is 15.9 Å². The monoisotopic (exact) mass is 352 g/mol. The van der Waals surface area contributed by atoms with Gasteiger partial charge < -0.3 is 5.11 Å². The van der Waals surface area contributed by atoms with Gasteiger partial charge in [0.1, 0.15) is 0 Å². The maximum atomic E-state index is 12.1. The summed E-state index contributed by atoms with van der Waals surface area (Å²) in [4.78, 5) is 10.7. The number of halogens is 1. The summed E-state index contributed by atoms with van der Waals surface area (Å²) in [5, 5.41) is 8.81. The Labute approximate surface area is 128 Å². The predicted octanol–water partition coefficient (Wildman–Crippen LogP) is 3.60. The minimum Gasteiger partial charge on any atom is -0.478 e. The second-order valence-electron chi connectivity index (χ2n) is 4.36. The van der Waals surface area contributed by atoms with E-state index in [1.165, 1.54) is 12.1 Å². The number of carboxylic acid groups (broad SMARTS) is 1. The maximum absolute atomic E-state index is 12.1. The van der Waals surface area contributed by atoms with Crippen LogP contribution in [-0.4, -0.2) is 15.3 Å². The molecule has 20 heavy (non-hydrogen) atoms. The quantitative estimate of drug-likeness (QED) is 0.894. The van der Waals surface area contributed by atoms with Crippen LogP contribution in [0, 0.1) is 0 Å². The van der Waals surface area contributed by atoms with E-state index in [2.05, 4.69) is 15.9 Å². The van der Waals surface area contributed by atoms with Gasteiger partial charge in [0.15, 0.2) is 0 Å². The fourth-order valence-corrected chi connectivity index (χ4v) is 3.24. The Balaban J connectivity index is 1.97. The molecule has 0 saturated heterocycles. The van der Waals surface area contributed by atoms with E-state index >= 15 is 0 Å². The van der Waals surface area contributed by atoms with Crippen LogP contribution < -0.4 is 0 Å². The highest BCUT2D eigenvalue weighted by Gasteiger charge is 2.06. The van der Waals surface area contributed by atoms with Crippen LogP contribution in [0.3, 0.4) is 0 Å². The zero-order valence-electron chi connectivity index (χ0n) is 10.6. The Morgan fingerprint density at radius 2 is 1.40 bits per heavy atom. The van der Waals surface area contributed by atoms with Crippen molar-refractivity contribution >= 4 is 32.7 Å². The smallest absolute Gasteiger partial charge is 0.335 e. The minimum absolute atomic E-state index is 0.243. The third-order valence-corrected chi connectivity index (χ3v) is 4.61. The van der Waals surface area contributed by atoms with Crippen LogP contribution in [0.15, 0.2) is 53.0 Å². The molecule has 1 unspecified atom stereocenters. The van der Waals surface area contributed by atoms with E-state index in [0.717, 1.165) is 15.6 Å². The molecule has 2 aromatic rings. The topological polar surface area (TPSA) is 54.4 Å². The molecule has 1 atom stereocenters. The van der Waals surface area contributed by atoms with Gasteiger partial charge in [-0.1, -0.05) is 40.2 Å². The third kappa shape index (κ3) is 4.28. The molecule has 0 saturated carbocycles. The molecule has 0 bridgehead atoms. The van der Waals surface area contributed by atoms with E-state index in [0.29, 0.717) is 11.5 Å². The summed E-state index contributed by atoms with van der Waals surface area (Å²) in [6, 6.07) is 14.2. The summed E-state index contributed by atoms with van der Waals surface area (Å²) in [6.45, 7) is 0.